The molecule has 0 amide bonds. The Kier molecular flexibility index (Phi) is 4.63. The van der Waals surface area contributed by atoms with E-state index in [-0.39, 0.29) is 12.0 Å². The van der Waals surface area contributed by atoms with E-state index in [1.807, 2.05) is 34.6 Å². The lowest BCUT2D eigenvalue weighted by Crippen LogP contribution is -2.42. The molecule has 0 aliphatic rings. The zero-order valence-corrected chi connectivity index (χ0v) is 11.2. The van der Waals surface area contributed by atoms with Crippen LogP contribution in [0.15, 0.2) is 5.11 Å². The lowest BCUT2D eigenvalue weighted by Gasteiger charge is -2.41. The highest BCUT2D eigenvalue weighted by Crippen LogP contribution is 2.44. The van der Waals surface area contributed by atoms with Gasteiger partial charge in [-0.25, -0.2) is 5.53 Å². The van der Waals surface area contributed by atoms with Gasteiger partial charge in [-0.15, -0.1) is 0 Å². The Labute approximate surface area is 98.5 Å². The van der Waals surface area contributed by atoms with Gasteiger partial charge in [0.2, 0.25) is 0 Å². The fraction of sp³-hybridized carbons (Fsp3) is 0.917. The van der Waals surface area contributed by atoms with Crippen LogP contribution in [0.2, 0.25) is 0 Å². The van der Waals surface area contributed by atoms with E-state index in [2.05, 4.69) is 11.2 Å². The van der Waals surface area contributed by atoms with Crippen LogP contribution < -0.4 is 0 Å². The molecular weight excluding hydrogens is 202 g/mol. The molecule has 16 heavy (non-hydrogen) atoms. The first-order valence-corrected chi connectivity index (χ1v) is 5.44. The predicted molar refractivity (Wildman–Crippen MR) is 63.2 cm³/mol. The molecule has 0 aromatic carbocycles. The smallest absolute Gasteiger partial charge is 0.0884 e. The van der Waals surface area contributed by atoms with Crippen molar-refractivity contribution >= 4 is 0 Å². The van der Waals surface area contributed by atoms with Crippen LogP contribution in [0.25, 0.3) is 0 Å². The SMILES string of the molecule is COC(C)(CN=N)CC(C)(C#N)C(C)(C)C. The number of ether oxygens (including phenoxy) is 1. The Morgan fingerprint density at radius 2 is 1.75 bits per heavy atom. The molecule has 0 rings (SSSR count). The molecule has 0 heterocycles. The second-order valence-electron chi connectivity index (χ2n) is 5.84. The van der Waals surface area contributed by atoms with Crippen molar-refractivity contribution in [2.45, 2.75) is 46.6 Å². The monoisotopic (exact) mass is 225 g/mol. The van der Waals surface area contributed by atoms with Gasteiger partial charge >= 0.3 is 0 Å². The topological polar surface area (TPSA) is 69.2 Å². The maximum Gasteiger partial charge on any atom is 0.0884 e. The van der Waals surface area contributed by atoms with Gasteiger partial charge in [0.05, 0.1) is 23.6 Å². The summed E-state index contributed by atoms with van der Waals surface area (Å²) in [6.07, 6.45) is 0.568. The van der Waals surface area contributed by atoms with E-state index < -0.39 is 11.0 Å². The van der Waals surface area contributed by atoms with Gasteiger partial charge in [0, 0.05) is 7.11 Å². The van der Waals surface area contributed by atoms with Crippen LogP contribution in [0.5, 0.6) is 0 Å². The maximum absolute atomic E-state index is 9.36. The molecule has 0 bridgehead atoms. The van der Waals surface area contributed by atoms with Crippen molar-refractivity contribution in [2.75, 3.05) is 13.7 Å². The van der Waals surface area contributed by atoms with E-state index >= 15 is 0 Å². The number of hydrogen-bond donors (Lipinski definition) is 1. The maximum atomic E-state index is 9.36. The molecule has 4 heteroatoms. The molecule has 2 unspecified atom stereocenters. The molecule has 0 fully saturated rings. The van der Waals surface area contributed by atoms with E-state index in [4.69, 9.17) is 10.3 Å². The summed E-state index contributed by atoms with van der Waals surface area (Å²) in [5, 5.41) is 12.8. The van der Waals surface area contributed by atoms with E-state index in [0.717, 1.165) is 0 Å². The van der Waals surface area contributed by atoms with Crippen molar-refractivity contribution < 1.29 is 4.74 Å². The Hall–Kier alpha value is -0.950. The predicted octanol–water partition coefficient (Wildman–Crippen LogP) is 3.39. The van der Waals surface area contributed by atoms with Gasteiger partial charge in [-0.1, -0.05) is 20.8 Å². The fourth-order valence-corrected chi connectivity index (χ4v) is 1.58. The minimum atomic E-state index is -0.542. The second-order valence-corrected chi connectivity index (χ2v) is 5.84. The minimum absolute atomic E-state index is 0.135. The van der Waals surface area contributed by atoms with Crippen LogP contribution in [-0.2, 0) is 4.74 Å². The van der Waals surface area contributed by atoms with Crippen LogP contribution in [-0.4, -0.2) is 19.3 Å². The van der Waals surface area contributed by atoms with Crippen molar-refractivity contribution in [1.29, 1.82) is 10.8 Å². The second kappa shape index (κ2) is 4.92. The largest absolute Gasteiger partial charge is 0.376 e. The molecule has 0 aliphatic heterocycles. The highest BCUT2D eigenvalue weighted by Gasteiger charge is 2.43. The van der Waals surface area contributed by atoms with Crippen molar-refractivity contribution in [2.24, 2.45) is 15.9 Å². The number of nitriles is 1. The lowest BCUT2D eigenvalue weighted by molar-refractivity contribution is -0.0358. The number of methoxy groups -OCH3 is 1. The third kappa shape index (κ3) is 3.28. The van der Waals surface area contributed by atoms with Crippen LogP contribution in [0.4, 0.5) is 0 Å². The Morgan fingerprint density at radius 3 is 2.00 bits per heavy atom. The molecule has 0 saturated carbocycles. The molecule has 0 aliphatic carbocycles. The highest BCUT2D eigenvalue weighted by molar-refractivity contribution is 5.06. The van der Waals surface area contributed by atoms with Crippen LogP contribution in [0, 0.1) is 27.7 Å². The molecule has 4 nitrogen and oxygen atoms in total. The molecule has 2 atom stereocenters. The number of rotatable bonds is 5. The van der Waals surface area contributed by atoms with Gasteiger partial charge in [0.25, 0.3) is 0 Å². The summed E-state index contributed by atoms with van der Waals surface area (Å²) in [5.74, 6) is 0. The van der Waals surface area contributed by atoms with Crippen molar-refractivity contribution in [1.82, 2.24) is 0 Å². The normalized spacial score (nSPS) is 19.3. The zero-order chi connectivity index (χ0) is 13.0. The highest BCUT2D eigenvalue weighted by atomic mass is 16.5. The summed E-state index contributed by atoms with van der Waals surface area (Å²) in [4.78, 5) is 0. The van der Waals surface area contributed by atoms with E-state index in [1.54, 1.807) is 7.11 Å². The molecule has 0 spiro atoms. The Balaban J connectivity index is 5.05. The van der Waals surface area contributed by atoms with E-state index in [0.29, 0.717) is 6.42 Å². The minimum Gasteiger partial charge on any atom is -0.376 e. The zero-order valence-electron chi connectivity index (χ0n) is 11.2. The van der Waals surface area contributed by atoms with Crippen LogP contribution >= 0.6 is 0 Å². The first-order chi connectivity index (χ1) is 7.14. The molecular formula is C12H23N3O. The summed E-state index contributed by atoms with van der Waals surface area (Å²) < 4.78 is 5.41. The molecule has 0 radical (unpaired) electrons. The third-order valence-corrected chi connectivity index (χ3v) is 3.54. The summed E-state index contributed by atoms with van der Waals surface area (Å²) in [6, 6.07) is 2.38. The average Bonchev–Trinajstić information content (AvgIpc) is 2.16. The number of hydrogen-bond acceptors (Lipinski definition) is 4. The van der Waals surface area contributed by atoms with Gasteiger partial charge in [0.1, 0.15) is 0 Å². The average molecular weight is 225 g/mol. The van der Waals surface area contributed by atoms with Crippen LogP contribution in [0.3, 0.4) is 0 Å². The Bertz CT molecular complexity index is 290. The molecule has 0 aromatic rings. The van der Waals surface area contributed by atoms with E-state index in [1.165, 1.54) is 0 Å². The summed E-state index contributed by atoms with van der Waals surface area (Å²) >= 11 is 0. The van der Waals surface area contributed by atoms with Crippen LogP contribution in [0.1, 0.15) is 41.0 Å². The third-order valence-electron chi connectivity index (χ3n) is 3.54. The Morgan fingerprint density at radius 1 is 1.25 bits per heavy atom. The first-order valence-electron chi connectivity index (χ1n) is 5.44. The number of nitrogens with zero attached hydrogens (tertiary/aromatic N) is 2. The lowest BCUT2D eigenvalue weighted by atomic mass is 9.64. The van der Waals surface area contributed by atoms with Gasteiger partial charge in [-0.05, 0) is 25.7 Å². The van der Waals surface area contributed by atoms with Gasteiger partial charge in [0.15, 0.2) is 0 Å². The summed E-state index contributed by atoms with van der Waals surface area (Å²) in [6.45, 7) is 10.3. The van der Waals surface area contributed by atoms with Crippen molar-refractivity contribution in [3.8, 4) is 6.07 Å². The summed E-state index contributed by atoms with van der Waals surface area (Å²) in [7, 11) is 1.60. The molecule has 92 valence electrons. The van der Waals surface area contributed by atoms with Gasteiger partial charge < -0.3 is 4.74 Å². The quantitative estimate of drug-likeness (QED) is 0.728. The first kappa shape index (κ1) is 15.0. The van der Waals surface area contributed by atoms with Crippen molar-refractivity contribution in [3.05, 3.63) is 0 Å². The van der Waals surface area contributed by atoms with Crippen molar-refractivity contribution in [3.63, 3.8) is 0 Å². The van der Waals surface area contributed by atoms with Gasteiger partial charge in [-0.2, -0.15) is 10.4 Å². The summed E-state index contributed by atoms with van der Waals surface area (Å²) in [5.41, 5.74) is 5.77. The molecule has 0 aromatic heterocycles. The van der Waals surface area contributed by atoms with Gasteiger partial charge in [-0.3, -0.25) is 0 Å². The van der Waals surface area contributed by atoms with E-state index in [9.17, 15) is 5.26 Å². The standard InChI is InChI=1S/C12H23N3O/c1-10(2,3)11(4,8-13)7-12(5,16-6)9-15-14/h14H,7,9H2,1-6H3. The molecule has 1 N–H and O–H groups in total. The molecule has 0 saturated heterocycles. The number of nitrogens with one attached hydrogen (secondary N) is 1. The fourth-order valence-electron chi connectivity index (χ4n) is 1.58.